The molecule has 0 saturated heterocycles. The Kier molecular flexibility index (Phi) is 3.71. The van der Waals surface area contributed by atoms with E-state index in [1.165, 1.54) is 19.4 Å². The number of halogens is 1. The number of esters is 1. The standard InChI is InChI=1S/C9H10ClNO3/c1-3-14-9(12)6-5-11-8(13-2)4-7(6)10/h4-5H,3H2,1-2H3. The molecule has 0 aliphatic heterocycles. The predicted octanol–water partition coefficient (Wildman–Crippen LogP) is 1.92. The number of hydrogen-bond donors (Lipinski definition) is 0. The third kappa shape index (κ3) is 2.35. The van der Waals surface area contributed by atoms with E-state index in [4.69, 9.17) is 21.1 Å². The van der Waals surface area contributed by atoms with Gasteiger partial charge in [-0.25, -0.2) is 9.78 Å². The van der Waals surface area contributed by atoms with Gasteiger partial charge < -0.3 is 9.47 Å². The molecule has 0 spiro atoms. The second-order valence-corrected chi connectivity index (χ2v) is 2.83. The minimum atomic E-state index is -0.479. The van der Waals surface area contributed by atoms with Crippen molar-refractivity contribution < 1.29 is 14.3 Å². The molecule has 0 atom stereocenters. The molecule has 0 unspecified atom stereocenters. The molecule has 1 heterocycles. The molecule has 0 N–H and O–H groups in total. The van der Waals surface area contributed by atoms with Crippen LogP contribution in [0.3, 0.4) is 0 Å². The van der Waals surface area contributed by atoms with Crippen LogP contribution in [0, 0.1) is 0 Å². The van der Waals surface area contributed by atoms with Crippen LogP contribution < -0.4 is 4.74 Å². The van der Waals surface area contributed by atoms with Crippen molar-refractivity contribution in [3.63, 3.8) is 0 Å². The monoisotopic (exact) mass is 215 g/mol. The Morgan fingerprint density at radius 3 is 2.86 bits per heavy atom. The Hall–Kier alpha value is -1.29. The molecule has 0 saturated carbocycles. The van der Waals surface area contributed by atoms with E-state index in [1.807, 2.05) is 0 Å². The molecule has 76 valence electrons. The van der Waals surface area contributed by atoms with Gasteiger partial charge in [-0.3, -0.25) is 0 Å². The van der Waals surface area contributed by atoms with E-state index in [1.54, 1.807) is 6.92 Å². The minimum absolute atomic E-state index is 0.245. The highest BCUT2D eigenvalue weighted by atomic mass is 35.5. The highest BCUT2D eigenvalue weighted by Crippen LogP contribution is 2.20. The van der Waals surface area contributed by atoms with Crippen LogP contribution in [0.2, 0.25) is 5.02 Å². The van der Waals surface area contributed by atoms with Crippen LogP contribution in [-0.2, 0) is 4.74 Å². The molecule has 1 aromatic heterocycles. The predicted molar refractivity (Wildman–Crippen MR) is 51.8 cm³/mol. The van der Waals surface area contributed by atoms with Crippen molar-refractivity contribution in [2.24, 2.45) is 0 Å². The Labute approximate surface area is 86.8 Å². The first-order valence-corrected chi connectivity index (χ1v) is 4.43. The number of methoxy groups -OCH3 is 1. The van der Waals surface area contributed by atoms with E-state index in [0.29, 0.717) is 12.5 Å². The van der Waals surface area contributed by atoms with E-state index in [2.05, 4.69) is 4.98 Å². The molecular weight excluding hydrogens is 206 g/mol. The lowest BCUT2D eigenvalue weighted by Crippen LogP contribution is -2.06. The molecular formula is C9H10ClNO3. The van der Waals surface area contributed by atoms with Crippen molar-refractivity contribution in [2.45, 2.75) is 6.92 Å². The van der Waals surface area contributed by atoms with Gasteiger partial charge in [0.25, 0.3) is 0 Å². The summed E-state index contributed by atoms with van der Waals surface area (Å²) >= 11 is 5.82. The summed E-state index contributed by atoms with van der Waals surface area (Å²) in [5.41, 5.74) is 0.245. The first kappa shape index (κ1) is 10.8. The smallest absolute Gasteiger partial charge is 0.341 e. The Morgan fingerprint density at radius 1 is 1.64 bits per heavy atom. The molecule has 5 heteroatoms. The molecule has 0 aliphatic carbocycles. The fourth-order valence-corrected chi connectivity index (χ4v) is 1.10. The quantitative estimate of drug-likeness (QED) is 0.723. The van der Waals surface area contributed by atoms with Gasteiger partial charge in [-0.15, -0.1) is 0 Å². The number of ether oxygens (including phenoxy) is 2. The Bertz CT molecular complexity index is 341. The van der Waals surface area contributed by atoms with Crippen molar-refractivity contribution in [1.82, 2.24) is 4.98 Å². The maximum atomic E-state index is 11.3. The molecule has 1 aromatic rings. The lowest BCUT2D eigenvalue weighted by atomic mass is 10.3. The number of pyridine rings is 1. The molecule has 4 nitrogen and oxygen atoms in total. The summed E-state index contributed by atoms with van der Waals surface area (Å²) < 4.78 is 9.62. The van der Waals surface area contributed by atoms with Crippen molar-refractivity contribution in [3.8, 4) is 5.88 Å². The van der Waals surface area contributed by atoms with Crippen molar-refractivity contribution >= 4 is 17.6 Å². The zero-order valence-electron chi connectivity index (χ0n) is 7.91. The zero-order valence-corrected chi connectivity index (χ0v) is 8.67. The van der Waals surface area contributed by atoms with Crippen LogP contribution in [0.4, 0.5) is 0 Å². The van der Waals surface area contributed by atoms with Gasteiger partial charge in [-0.2, -0.15) is 0 Å². The number of carbonyl (C=O) groups is 1. The molecule has 0 amide bonds. The fourth-order valence-electron chi connectivity index (χ4n) is 0.884. The van der Waals surface area contributed by atoms with Crippen LogP contribution in [0.5, 0.6) is 5.88 Å². The Balaban J connectivity index is 2.94. The van der Waals surface area contributed by atoms with Crippen molar-refractivity contribution in [3.05, 3.63) is 22.8 Å². The third-order valence-electron chi connectivity index (χ3n) is 1.53. The summed E-state index contributed by atoms with van der Waals surface area (Å²) in [4.78, 5) is 15.1. The molecule has 14 heavy (non-hydrogen) atoms. The number of nitrogens with zero attached hydrogens (tertiary/aromatic N) is 1. The van der Waals surface area contributed by atoms with E-state index >= 15 is 0 Å². The minimum Gasteiger partial charge on any atom is -0.481 e. The molecule has 0 fully saturated rings. The van der Waals surface area contributed by atoms with Gasteiger partial charge in [-0.1, -0.05) is 11.6 Å². The van der Waals surface area contributed by atoms with Crippen LogP contribution in [0.15, 0.2) is 12.3 Å². The Morgan fingerprint density at radius 2 is 2.36 bits per heavy atom. The van der Waals surface area contributed by atoms with Gasteiger partial charge >= 0.3 is 5.97 Å². The first-order valence-electron chi connectivity index (χ1n) is 4.05. The second kappa shape index (κ2) is 4.81. The maximum Gasteiger partial charge on any atom is 0.341 e. The summed E-state index contributed by atoms with van der Waals surface area (Å²) in [7, 11) is 1.47. The summed E-state index contributed by atoms with van der Waals surface area (Å²) in [5.74, 6) is -0.115. The van der Waals surface area contributed by atoms with Gasteiger partial charge in [0.2, 0.25) is 5.88 Å². The summed E-state index contributed by atoms with van der Waals surface area (Å²) in [6.45, 7) is 2.03. The van der Waals surface area contributed by atoms with Crippen LogP contribution >= 0.6 is 11.6 Å². The number of carbonyl (C=O) groups excluding carboxylic acids is 1. The average Bonchev–Trinajstić information content (AvgIpc) is 2.17. The number of hydrogen-bond acceptors (Lipinski definition) is 4. The summed E-state index contributed by atoms with van der Waals surface area (Å²) in [6, 6.07) is 1.47. The molecule has 0 aromatic carbocycles. The second-order valence-electron chi connectivity index (χ2n) is 2.43. The van der Waals surface area contributed by atoms with E-state index < -0.39 is 5.97 Å². The molecule has 1 rings (SSSR count). The first-order chi connectivity index (χ1) is 6.69. The van der Waals surface area contributed by atoms with Gasteiger partial charge in [0.1, 0.15) is 0 Å². The van der Waals surface area contributed by atoms with E-state index in [0.717, 1.165) is 0 Å². The van der Waals surface area contributed by atoms with Crippen molar-refractivity contribution in [2.75, 3.05) is 13.7 Å². The largest absolute Gasteiger partial charge is 0.481 e. The topological polar surface area (TPSA) is 48.4 Å². The normalized spacial score (nSPS) is 9.64. The van der Waals surface area contributed by atoms with Gasteiger partial charge in [0, 0.05) is 12.3 Å². The number of aromatic nitrogens is 1. The molecule has 0 radical (unpaired) electrons. The van der Waals surface area contributed by atoms with E-state index in [9.17, 15) is 4.79 Å². The zero-order chi connectivity index (χ0) is 10.6. The maximum absolute atomic E-state index is 11.3. The molecule has 0 aliphatic rings. The third-order valence-corrected chi connectivity index (χ3v) is 1.85. The lowest BCUT2D eigenvalue weighted by molar-refractivity contribution is 0.0526. The molecule has 0 bridgehead atoms. The van der Waals surface area contributed by atoms with Crippen LogP contribution in [-0.4, -0.2) is 24.7 Å². The highest BCUT2D eigenvalue weighted by Gasteiger charge is 2.12. The summed E-state index contributed by atoms with van der Waals surface area (Å²) in [6.07, 6.45) is 1.33. The number of rotatable bonds is 3. The fraction of sp³-hybridized carbons (Fsp3) is 0.333. The van der Waals surface area contributed by atoms with Gasteiger partial charge in [0.15, 0.2) is 0 Å². The van der Waals surface area contributed by atoms with E-state index in [-0.39, 0.29) is 10.6 Å². The SMILES string of the molecule is CCOC(=O)c1cnc(OC)cc1Cl. The lowest BCUT2D eigenvalue weighted by Gasteiger charge is -2.04. The van der Waals surface area contributed by atoms with Crippen molar-refractivity contribution in [1.29, 1.82) is 0 Å². The van der Waals surface area contributed by atoms with Crippen LogP contribution in [0.1, 0.15) is 17.3 Å². The average molecular weight is 216 g/mol. The van der Waals surface area contributed by atoms with Crippen LogP contribution in [0.25, 0.3) is 0 Å². The van der Waals surface area contributed by atoms with Gasteiger partial charge in [-0.05, 0) is 6.92 Å². The summed E-state index contributed by atoms with van der Waals surface area (Å²) in [5, 5.41) is 0.273. The van der Waals surface area contributed by atoms with Gasteiger partial charge in [0.05, 0.1) is 24.3 Å². The highest BCUT2D eigenvalue weighted by molar-refractivity contribution is 6.33.